The van der Waals surface area contributed by atoms with Gasteiger partial charge in [0.25, 0.3) is 0 Å². The lowest BCUT2D eigenvalue weighted by Gasteiger charge is -2.52. The number of para-hydroxylation sites is 2. The molecule has 8 aromatic rings. The van der Waals surface area contributed by atoms with Gasteiger partial charge in [0.05, 0.1) is 16.1 Å². The normalized spacial score (nSPS) is 13.8. The van der Waals surface area contributed by atoms with E-state index in [2.05, 4.69) is 260 Å². The van der Waals surface area contributed by atoms with E-state index < -0.39 is 16.1 Å². The molecule has 0 unspecified atom stereocenters. The average Bonchev–Trinajstić information content (AvgIpc) is 3.57. The molecule has 0 amide bonds. The van der Waals surface area contributed by atoms with Gasteiger partial charge in [0, 0.05) is 38.8 Å². The summed E-state index contributed by atoms with van der Waals surface area (Å²) in [6, 6.07) is 64.4. The number of benzene rings is 8. The van der Waals surface area contributed by atoms with E-state index in [1.165, 1.54) is 72.1 Å². The second kappa shape index (κ2) is 15.2. The van der Waals surface area contributed by atoms with Gasteiger partial charge in [-0.25, -0.2) is 0 Å². The van der Waals surface area contributed by atoms with Crippen LogP contribution in [0.5, 0.6) is 0 Å². The first-order chi connectivity index (χ1) is 29.8. The van der Waals surface area contributed by atoms with Crippen LogP contribution in [0.4, 0.5) is 34.1 Å². The van der Waals surface area contributed by atoms with Crippen LogP contribution < -0.4 is 9.80 Å². The Morgan fingerprint density at radius 2 is 0.762 bits per heavy atom. The average molecular weight is 857 g/mol. The molecular formula is C59H64N2Si2. The first-order valence-corrected chi connectivity index (χ1v) is 29.9. The van der Waals surface area contributed by atoms with E-state index in [4.69, 9.17) is 0 Å². The van der Waals surface area contributed by atoms with Crippen molar-refractivity contribution in [2.45, 2.75) is 96.3 Å². The molecule has 8 aromatic carbocycles. The van der Waals surface area contributed by atoms with Crippen LogP contribution in [0, 0.1) is 0 Å². The minimum absolute atomic E-state index is 0.0768. The van der Waals surface area contributed by atoms with E-state index in [-0.39, 0.29) is 15.5 Å². The molecule has 318 valence electrons. The molecular weight excluding hydrogens is 793 g/mol. The molecule has 0 aliphatic heterocycles. The predicted octanol–water partition coefficient (Wildman–Crippen LogP) is 17.5. The summed E-state index contributed by atoms with van der Waals surface area (Å²) in [4.78, 5) is 4.91. The van der Waals surface area contributed by atoms with Gasteiger partial charge >= 0.3 is 0 Å². The third kappa shape index (κ3) is 7.07. The highest BCUT2D eigenvalue weighted by Crippen LogP contribution is 2.62. The van der Waals surface area contributed by atoms with Crippen molar-refractivity contribution in [2.24, 2.45) is 0 Å². The van der Waals surface area contributed by atoms with Gasteiger partial charge in [0.2, 0.25) is 0 Å². The van der Waals surface area contributed by atoms with Crippen LogP contribution in [0.15, 0.2) is 170 Å². The Hall–Kier alpha value is -5.69. The molecule has 0 saturated heterocycles. The van der Waals surface area contributed by atoms with Crippen LogP contribution in [0.25, 0.3) is 32.7 Å². The number of nitrogens with zero attached hydrogens (tertiary/aromatic N) is 2. The quantitative estimate of drug-likeness (QED) is 0.111. The molecule has 0 spiro atoms. The first-order valence-electron chi connectivity index (χ1n) is 22.9. The fourth-order valence-electron chi connectivity index (χ4n) is 11.3. The lowest BCUT2D eigenvalue weighted by molar-refractivity contribution is 0.590. The molecule has 1 aliphatic carbocycles. The summed E-state index contributed by atoms with van der Waals surface area (Å²) in [6.45, 7) is 29.6. The maximum atomic E-state index is 2.64. The smallest absolute Gasteiger partial charge is 0.0579 e. The van der Waals surface area contributed by atoms with Crippen LogP contribution in [0.2, 0.25) is 39.3 Å². The fraction of sp³-hybridized carbons (Fsp3) is 0.254. The van der Waals surface area contributed by atoms with E-state index >= 15 is 0 Å². The molecule has 0 atom stereocenters. The molecule has 0 N–H and O–H groups in total. The van der Waals surface area contributed by atoms with Gasteiger partial charge in [-0.05, 0) is 139 Å². The second-order valence-corrected chi connectivity index (χ2v) is 32.9. The van der Waals surface area contributed by atoms with Gasteiger partial charge in [-0.2, -0.15) is 0 Å². The number of hydrogen-bond donors (Lipinski definition) is 0. The SMILES string of the molecule is CC(C)(C)c1ccc(N(c2ccccc2)c2ccc3c(c2)C([Si](C)(C)C)([Si](C)(C)C)c2c-3c3ccccc3c3cc(N(c4ccccc4)c4ccc(C(C)(C)C)cc4)ccc23)cc1. The Morgan fingerprint density at radius 3 is 1.22 bits per heavy atom. The van der Waals surface area contributed by atoms with Crippen molar-refractivity contribution in [1.29, 1.82) is 0 Å². The highest BCUT2D eigenvalue weighted by Gasteiger charge is 2.60. The van der Waals surface area contributed by atoms with Crippen LogP contribution in [-0.4, -0.2) is 16.1 Å². The first kappa shape index (κ1) is 42.6. The van der Waals surface area contributed by atoms with Crippen LogP contribution in [-0.2, 0) is 15.5 Å². The van der Waals surface area contributed by atoms with Gasteiger partial charge in [0.1, 0.15) is 0 Å². The summed E-state index contributed by atoms with van der Waals surface area (Å²) in [7, 11) is -4.18. The van der Waals surface area contributed by atoms with Crippen molar-refractivity contribution in [3.63, 3.8) is 0 Å². The summed E-state index contributed by atoms with van der Waals surface area (Å²) in [6.07, 6.45) is 0. The van der Waals surface area contributed by atoms with Gasteiger partial charge in [-0.3, -0.25) is 0 Å². The van der Waals surface area contributed by atoms with Crippen molar-refractivity contribution >= 4 is 71.8 Å². The summed E-state index contributed by atoms with van der Waals surface area (Å²) < 4.78 is -0.0924. The van der Waals surface area contributed by atoms with E-state index in [1.54, 1.807) is 5.56 Å². The predicted molar refractivity (Wildman–Crippen MR) is 281 cm³/mol. The Morgan fingerprint density at radius 1 is 0.365 bits per heavy atom. The largest absolute Gasteiger partial charge is 0.310 e. The van der Waals surface area contributed by atoms with E-state index in [1.807, 2.05) is 0 Å². The maximum Gasteiger partial charge on any atom is 0.0579 e. The molecule has 0 radical (unpaired) electrons. The zero-order chi connectivity index (χ0) is 44.7. The minimum Gasteiger partial charge on any atom is -0.310 e. The third-order valence-electron chi connectivity index (χ3n) is 13.8. The summed E-state index contributed by atoms with van der Waals surface area (Å²) >= 11 is 0. The zero-order valence-corrected chi connectivity index (χ0v) is 41.6. The topological polar surface area (TPSA) is 6.48 Å². The van der Waals surface area contributed by atoms with Crippen LogP contribution >= 0.6 is 0 Å². The van der Waals surface area contributed by atoms with Crippen molar-refractivity contribution in [2.75, 3.05) is 9.80 Å². The Bertz CT molecular complexity index is 2950. The third-order valence-corrected chi connectivity index (χ3v) is 23.9. The summed E-state index contributed by atoms with van der Waals surface area (Å²) in [5, 5.41) is 5.38. The Balaban J connectivity index is 1.32. The van der Waals surface area contributed by atoms with E-state index in [9.17, 15) is 0 Å². The summed E-state index contributed by atoms with van der Waals surface area (Å²) in [5.74, 6) is 0. The second-order valence-electron chi connectivity index (χ2n) is 21.9. The monoisotopic (exact) mass is 856 g/mol. The molecule has 0 aromatic heterocycles. The van der Waals surface area contributed by atoms with Crippen molar-refractivity contribution in [1.82, 2.24) is 0 Å². The van der Waals surface area contributed by atoms with Gasteiger partial charge in [-0.1, -0.05) is 178 Å². The Kier molecular flexibility index (Phi) is 10.3. The molecule has 4 heteroatoms. The van der Waals surface area contributed by atoms with E-state index in [0.29, 0.717) is 0 Å². The fourth-order valence-corrected chi connectivity index (χ4v) is 24.3. The molecule has 9 rings (SSSR count). The molecule has 0 saturated carbocycles. The maximum absolute atomic E-state index is 2.64. The molecule has 0 heterocycles. The summed E-state index contributed by atoms with van der Waals surface area (Å²) in [5.41, 5.74) is 15.8. The number of hydrogen-bond acceptors (Lipinski definition) is 2. The lowest BCUT2D eigenvalue weighted by atomic mass is 9.87. The molecule has 0 bridgehead atoms. The van der Waals surface area contributed by atoms with Gasteiger partial charge in [0.15, 0.2) is 0 Å². The molecule has 63 heavy (non-hydrogen) atoms. The highest BCUT2D eigenvalue weighted by molar-refractivity contribution is 7.00. The van der Waals surface area contributed by atoms with Crippen LogP contribution in [0.1, 0.15) is 63.8 Å². The van der Waals surface area contributed by atoms with Crippen molar-refractivity contribution in [3.8, 4) is 11.1 Å². The minimum atomic E-state index is -2.09. The number of fused-ring (bicyclic) bond motifs is 8. The lowest BCUT2D eigenvalue weighted by Crippen LogP contribution is -2.63. The van der Waals surface area contributed by atoms with E-state index in [0.717, 1.165) is 11.4 Å². The molecule has 2 nitrogen and oxygen atoms in total. The van der Waals surface area contributed by atoms with Gasteiger partial charge in [-0.15, -0.1) is 0 Å². The zero-order valence-electron chi connectivity index (χ0n) is 39.6. The number of rotatable bonds is 8. The standard InChI is InChI=1S/C59H64N2Si2/c1-57(2,3)41-27-31-45(32-28-41)60(43-21-15-13-16-22-43)47-35-37-51-53(39-47)49-25-19-20-26-50(49)55-52-38-36-48(40-54(52)59(56(51)55,62(7,8)9)63(10,11)12)61(44-23-17-14-18-24-44)46-33-29-42(30-34-46)58(4,5)6/h13-40H,1-12H3. The van der Waals surface area contributed by atoms with Crippen LogP contribution in [0.3, 0.4) is 0 Å². The number of anilines is 6. The molecule has 0 fully saturated rings. The molecule has 1 aliphatic rings. The van der Waals surface area contributed by atoms with Crippen molar-refractivity contribution < 1.29 is 0 Å². The highest BCUT2D eigenvalue weighted by atomic mass is 28.4. The van der Waals surface area contributed by atoms with Crippen molar-refractivity contribution in [3.05, 3.63) is 192 Å². The van der Waals surface area contributed by atoms with Gasteiger partial charge < -0.3 is 9.80 Å². The Labute approximate surface area is 379 Å².